The van der Waals surface area contributed by atoms with Gasteiger partial charge in [-0.3, -0.25) is 4.99 Å². The molecule has 1 unspecified atom stereocenters. The second kappa shape index (κ2) is 10.1. The third-order valence-corrected chi connectivity index (χ3v) is 5.21. The number of nitrogens with zero attached hydrogens (tertiary/aromatic N) is 1. The Morgan fingerprint density at radius 3 is 2.33 bits per heavy atom. The standard InChI is InChI=1S/C25H25ClN2O2/c1-3-17-4-6-18(7-5-17)14-21(16-29)28-25(19-8-11-22(30)12-9-19)23-15-20(26)10-13-24(23)27-2/h4-13,15-16,21,27,30H,3,14H2,1-2H3/b28-25-. The molecule has 0 aliphatic carbocycles. The van der Waals surface area contributed by atoms with E-state index in [0.717, 1.165) is 35.1 Å². The largest absolute Gasteiger partial charge is 0.508 e. The first kappa shape index (κ1) is 21.6. The number of phenols is 1. The van der Waals surface area contributed by atoms with E-state index in [9.17, 15) is 9.90 Å². The summed E-state index contributed by atoms with van der Waals surface area (Å²) in [5.41, 5.74) is 5.39. The topological polar surface area (TPSA) is 61.7 Å². The first-order valence-electron chi connectivity index (χ1n) is 9.92. The molecule has 3 aromatic carbocycles. The SMILES string of the molecule is CCc1ccc(CC(C=O)/N=C(/c2ccc(O)cc2)c2cc(Cl)ccc2NC)cc1. The lowest BCUT2D eigenvalue weighted by molar-refractivity contribution is -0.108. The van der Waals surface area contributed by atoms with Crippen molar-refractivity contribution in [2.45, 2.75) is 25.8 Å². The molecule has 154 valence electrons. The summed E-state index contributed by atoms with van der Waals surface area (Å²) in [5, 5.41) is 13.4. The molecule has 0 bridgehead atoms. The molecule has 0 saturated heterocycles. The van der Waals surface area contributed by atoms with Crippen LogP contribution in [0.25, 0.3) is 0 Å². The zero-order valence-corrected chi connectivity index (χ0v) is 17.9. The fourth-order valence-electron chi connectivity index (χ4n) is 3.29. The van der Waals surface area contributed by atoms with Crippen LogP contribution in [0, 0.1) is 0 Å². The highest BCUT2D eigenvalue weighted by atomic mass is 35.5. The number of benzene rings is 3. The van der Waals surface area contributed by atoms with Crippen molar-refractivity contribution >= 4 is 29.3 Å². The van der Waals surface area contributed by atoms with Gasteiger partial charge in [-0.2, -0.15) is 0 Å². The fourth-order valence-corrected chi connectivity index (χ4v) is 3.46. The molecule has 0 heterocycles. The summed E-state index contributed by atoms with van der Waals surface area (Å²) in [7, 11) is 1.83. The zero-order chi connectivity index (χ0) is 21.5. The number of anilines is 1. The first-order chi connectivity index (χ1) is 14.5. The van der Waals surface area contributed by atoms with E-state index in [1.807, 2.05) is 31.3 Å². The zero-order valence-electron chi connectivity index (χ0n) is 17.1. The third-order valence-electron chi connectivity index (χ3n) is 4.97. The Balaban J connectivity index is 2.05. The van der Waals surface area contributed by atoms with E-state index in [4.69, 9.17) is 16.6 Å². The molecule has 0 radical (unpaired) electrons. The summed E-state index contributed by atoms with van der Waals surface area (Å²) in [5.74, 6) is 0.168. The molecule has 5 heteroatoms. The summed E-state index contributed by atoms with van der Waals surface area (Å²) < 4.78 is 0. The van der Waals surface area contributed by atoms with Gasteiger partial charge in [-0.25, -0.2) is 0 Å². The highest BCUT2D eigenvalue weighted by molar-refractivity contribution is 6.31. The number of hydrogen-bond donors (Lipinski definition) is 2. The van der Waals surface area contributed by atoms with E-state index in [-0.39, 0.29) is 5.75 Å². The summed E-state index contributed by atoms with van der Waals surface area (Å²) >= 11 is 6.27. The third kappa shape index (κ3) is 5.28. The fraction of sp³-hybridized carbons (Fsp3) is 0.200. The molecule has 30 heavy (non-hydrogen) atoms. The van der Waals surface area contributed by atoms with Gasteiger partial charge in [0.05, 0.1) is 5.71 Å². The van der Waals surface area contributed by atoms with Crippen molar-refractivity contribution < 1.29 is 9.90 Å². The van der Waals surface area contributed by atoms with Gasteiger partial charge in [0, 0.05) is 35.3 Å². The van der Waals surface area contributed by atoms with E-state index < -0.39 is 6.04 Å². The smallest absolute Gasteiger partial charge is 0.144 e. The maximum absolute atomic E-state index is 11.9. The molecule has 0 spiro atoms. The number of halogens is 1. The number of phenolic OH excluding ortho intramolecular Hbond substituents is 1. The molecule has 0 aliphatic heterocycles. The van der Waals surface area contributed by atoms with Gasteiger partial charge in [0.25, 0.3) is 0 Å². The van der Waals surface area contributed by atoms with E-state index in [0.29, 0.717) is 17.2 Å². The van der Waals surface area contributed by atoms with Crippen LogP contribution in [-0.2, 0) is 17.6 Å². The van der Waals surface area contributed by atoms with Gasteiger partial charge in [0.15, 0.2) is 0 Å². The average Bonchev–Trinajstić information content (AvgIpc) is 2.77. The van der Waals surface area contributed by atoms with Gasteiger partial charge >= 0.3 is 0 Å². The number of aromatic hydroxyl groups is 1. The number of hydrogen-bond acceptors (Lipinski definition) is 4. The summed E-state index contributed by atoms with van der Waals surface area (Å²) in [6.45, 7) is 2.11. The highest BCUT2D eigenvalue weighted by Crippen LogP contribution is 2.25. The maximum atomic E-state index is 11.9. The first-order valence-corrected chi connectivity index (χ1v) is 10.3. The van der Waals surface area contributed by atoms with Crippen molar-refractivity contribution in [1.29, 1.82) is 0 Å². The van der Waals surface area contributed by atoms with E-state index in [2.05, 4.69) is 24.4 Å². The van der Waals surface area contributed by atoms with Crippen LogP contribution in [0.5, 0.6) is 5.75 Å². The second-order valence-electron chi connectivity index (χ2n) is 7.04. The van der Waals surface area contributed by atoms with Gasteiger partial charge in [-0.1, -0.05) is 42.8 Å². The van der Waals surface area contributed by atoms with Gasteiger partial charge < -0.3 is 15.2 Å². The summed E-state index contributed by atoms with van der Waals surface area (Å²) in [6, 6.07) is 20.0. The normalized spacial score (nSPS) is 12.4. The molecule has 0 fully saturated rings. The van der Waals surface area contributed by atoms with Crippen molar-refractivity contribution in [2.24, 2.45) is 4.99 Å². The van der Waals surface area contributed by atoms with Gasteiger partial charge in [0.2, 0.25) is 0 Å². The lowest BCUT2D eigenvalue weighted by atomic mass is 9.99. The van der Waals surface area contributed by atoms with Crippen molar-refractivity contribution in [3.63, 3.8) is 0 Å². The number of carbonyl (C=O) groups is 1. The Morgan fingerprint density at radius 2 is 1.73 bits per heavy atom. The molecule has 4 nitrogen and oxygen atoms in total. The molecule has 2 N–H and O–H groups in total. The van der Waals surface area contributed by atoms with Crippen LogP contribution in [0.4, 0.5) is 5.69 Å². The number of rotatable bonds is 8. The quantitative estimate of drug-likeness (QED) is 0.384. The Morgan fingerprint density at radius 1 is 1.07 bits per heavy atom. The highest BCUT2D eigenvalue weighted by Gasteiger charge is 2.16. The van der Waals surface area contributed by atoms with Gasteiger partial charge in [-0.15, -0.1) is 0 Å². The van der Waals surface area contributed by atoms with E-state index in [1.54, 1.807) is 30.3 Å². The summed E-state index contributed by atoms with van der Waals surface area (Å²) in [6.07, 6.45) is 2.35. The van der Waals surface area contributed by atoms with Crippen molar-refractivity contribution in [2.75, 3.05) is 12.4 Å². The van der Waals surface area contributed by atoms with Crippen molar-refractivity contribution in [1.82, 2.24) is 0 Å². The molecule has 0 saturated carbocycles. The molecule has 1 atom stereocenters. The van der Waals surface area contributed by atoms with Crippen LogP contribution in [0.1, 0.15) is 29.2 Å². The molecular formula is C25H25ClN2O2. The minimum atomic E-state index is -0.551. The van der Waals surface area contributed by atoms with Crippen LogP contribution in [0.15, 0.2) is 71.7 Å². The van der Waals surface area contributed by atoms with E-state index >= 15 is 0 Å². The van der Waals surface area contributed by atoms with E-state index in [1.165, 1.54) is 5.56 Å². The van der Waals surface area contributed by atoms with Gasteiger partial charge in [-0.05, 0) is 60.0 Å². The summed E-state index contributed by atoms with van der Waals surface area (Å²) in [4.78, 5) is 16.7. The average molecular weight is 421 g/mol. The minimum Gasteiger partial charge on any atom is -0.508 e. The number of aryl methyl sites for hydroxylation is 1. The van der Waals surface area contributed by atoms with Crippen LogP contribution in [0.3, 0.4) is 0 Å². The minimum absolute atomic E-state index is 0.168. The van der Waals surface area contributed by atoms with Crippen LogP contribution in [-0.4, -0.2) is 30.2 Å². The lowest BCUT2D eigenvalue weighted by Crippen LogP contribution is -2.16. The Bertz CT molecular complexity index is 1030. The van der Waals surface area contributed by atoms with Crippen LogP contribution < -0.4 is 5.32 Å². The van der Waals surface area contributed by atoms with Crippen molar-refractivity contribution in [3.05, 3.63) is 94.0 Å². The van der Waals surface area contributed by atoms with Crippen LogP contribution in [0.2, 0.25) is 5.02 Å². The molecule has 3 rings (SSSR count). The Labute approximate surface area is 182 Å². The molecule has 0 aromatic heterocycles. The molecule has 0 aliphatic rings. The second-order valence-corrected chi connectivity index (χ2v) is 7.48. The lowest BCUT2D eigenvalue weighted by Gasteiger charge is -2.16. The molecular weight excluding hydrogens is 396 g/mol. The maximum Gasteiger partial charge on any atom is 0.144 e. The van der Waals surface area contributed by atoms with Crippen molar-refractivity contribution in [3.8, 4) is 5.75 Å². The van der Waals surface area contributed by atoms with Crippen LogP contribution >= 0.6 is 11.6 Å². The number of aldehydes is 1. The molecule has 0 amide bonds. The predicted molar refractivity (Wildman–Crippen MR) is 124 cm³/mol. The molecule has 3 aromatic rings. The predicted octanol–water partition coefficient (Wildman–Crippen LogP) is 5.30. The number of carbonyl (C=O) groups excluding carboxylic acids is 1. The Kier molecular flexibility index (Phi) is 7.26. The number of aliphatic imine (C=N–C) groups is 1. The number of nitrogens with one attached hydrogen (secondary N) is 1. The van der Waals surface area contributed by atoms with Gasteiger partial charge in [0.1, 0.15) is 18.1 Å². The Hall–Kier alpha value is -3.11. The monoisotopic (exact) mass is 420 g/mol.